The van der Waals surface area contributed by atoms with E-state index in [0.29, 0.717) is 11.8 Å². The van der Waals surface area contributed by atoms with Crippen LogP contribution in [0.4, 0.5) is 0 Å². The van der Waals surface area contributed by atoms with Gasteiger partial charge in [0.2, 0.25) is 0 Å². The molecule has 3 aliphatic carbocycles. The van der Waals surface area contributed by atoms with Gasteiger partial charge in [0.25, 0.3) is 0 Å². The third kappa shape index (κ3) is 1.48. The number of fused-ring (bicyclic) bond motifs is 1. The van der Waals surface area contributed by atoms with Gasteiger partial charge >= 0.3 is 0 Å². The zero-order valence-electron chi connectivity index (χ0n) is 12.9. The Morgan fingerprint density at radius 2 is 0.800 bits per heavy atom. The van der Waals surface area contributed by atoms with Crippen LogP contribution < -0.4 is 0 Å². The van der Waals surface area contributed by atoms with E-state index in [1.54, 1.807) is 22.3 Å². The van der Waals surface area contributed by atoms with Crippen LogP contribution in [-0.2, 0) is 0 Å². The van der Waals surface area contributed by atoms with Crippen molar-refractivity contribution in [2.45, 2.75) is 52.4 Å². The van der Waals surface area contributed by atoms with Gasteiger partial charge in [0, 0.05) is 11.8 Å². The fourth-order valence-corrected chi connectivity index (χ4v) is 4.22. The highest BCUT2D eigenvalue weighted by Crippen LogP contribution is 2.53. The average Bonchev–Trinajstić information content (AvgIpc) is 2.42. The highest BCUT2D eigenvalue weighted by Gasteiger charge is 2.37. The van der Waals surface area contributed by atoms with Crippen molar-refractivity contribution < 1.29 is 0 Å². The maximum Gasteiger partial charge on any atom is 0.00957 e. The van der Waals surface area contributed by atoms with Gasteiger partial charge in [-0.05, 0) is 85.0 Å². The molecule has 0 aliphatic heterocycles. The van der Waals surface area contributed by atoms with Crippen LogP contribution in [-0.4, -0.2) is 0 Å². The predicted molar refractivity (Wildman–Crippen MR) is 84.8 cm³/mol. The number of rotatable bonds is 0. The van der Waals surface area contributed by atoms with Crippen molar-refractivity contribution >= 4 is 0 Å². The first-order valence-corrected chi connectivity index (χ1v) is 7.78. The van der Waals surface area contributed by atoms with Gasteiger partial charge in [-0.1, -0.05) is 24.3 Å². The lowest BCUT2D eigenvalue weighted by atomic mass is 9.63. The Morgan fingerprint density at radius 3 is 1.05 bits per heavy atom. The van der Waals surface area contributed by atoms with E-state index in [2.05, 4.69) is 52.0 Å². The first-order chi connectivity index (χ1) is 9.56. The Bertz CT molecular complexity index is 600. The van der Waals surface area contributed by atoms with Crippen molar-refractivity contribution in [1.29, 1.82) is 0 Å². The highest BCUT2D eigenvalue weighted by molar-refractivity contribution is 5.58. The van der Waals surface area contributed by atoms with Crippen molar-refractivity contribution in [3.63, 3.8) is 0 Å². The molecule has 0 saturated heterocycles. The number of hydrogen-bond donors (Lipinski definition) is 0. The zero-order valence-corrected chi connectivity index (χ0v) is 12.9. The van der Waals surface area contributed by atoms with Crippen LogP contribution in [0.1, 0.15) is 69.2 Å². The third-order valence-electron chi connectivity index (χ3n) is 5.64. The molecule has 5 rings (SSSR count). The van der Waals surface area contributed by atoms with E-state index < -0.39 is 0 Å². The summed E-state index contributed by atoms with van der Waals surface area (Å²) in [7, 11) is 0. The van der Waals surface area contributed by atoms with Gasteiger partial charge in [-0.15, -0.1) is 0 Å². The van der Waals surface area contributed by atoms with Crippen molar-refractivity contribution in [3.05, 3.63) is 68.8 Å². The first kappa shape index (κ1) is 12.2. The molecule has 0 aromatic heterocycles. The van der Waals surface area contributed by atoms with Crippen molar-refractivity contribution in [2.24, 2.45) is 0 Å². The second kappa shape index (κ2) is 3.97. The van der Waals surface area contributed by atoms with Crippen molar-refractivity contribution in [1.82, 2.24) is 0 Å². The fourth-order valence-electron chi connectivity index (χ4n) is 4.22. The summed E-state index contributed by atoms with van der Waals surface area (Å²) in [5.74, 6) is 1.28. The maximum atomic E-state index is 2.46. The van der Waals surface area contributed by atoms with E-state index in [-0.39, 0.29) is 0 Å². The van der Waals surface area contributed by atoms with Crippen LogP contribution in [0.2, 0.25) is 0 Å². The van der Waals surface area contributed by atoms with Gasteiger partial charge < -0.3 is 0 Å². The average molecular weight is 262 g/mol. The minimum absolute atomic E-state index is 0.642. The van der Waals surface area contributed by atoms with Crippen LogP contribution >= 0.6 is 0 Å². The van der Waals surface area contributed by atoms with E-state index in [4.69, 9.17) is 0 Å². The summed E-state index contributed by atoms with van der Waals surface area (Å²) in [6.07, 6.45) is 2.66. The number of benzene rings is 2. The number of aryl methyl sites for hydroxylation is 4. The maximum absolute atomic E-state index is 2.46. The van der Waals surface area contributed by atoms with Gasteiger partial charge in [0.15, 0.2) is 0 Å². The molecule has 0 fully saturated rings. The molecule has 0 unspecified atom stereocenters. The van der Waals surface area contributed by atoms with E-state index in [0.717, 1.165) is 0 Å². The Morgan fingerprint density at radius 1 is 0.550 bits per heavy atom. The Balaban J connectivity index is 2.00. The van der Waals surface area contributed by atoms with Crippen LogP contribution in [0, 0.1) is 27.7 Å². The molecule has 2 aromatic rings. The zero-order chi connectivity index (χ0) is 14.0. The van der Waals surface area contributed by atoms with Gasteiger partial charge in [0.1, 0.15) is 0 Å². The van der Waals surface area contributed by atoms with Crippen LogP contribution in [0.3, 0.4) is 0 Å². The molecule has 102 valence electrons. The molecular weight excluding hydrogens is 240 g/mol. The second-order valence-electron chi connectivity index (χ2n) is 6.81. The molecule has 2 bridgehead atoms. The lowest BCUT2D eigenvalue weighted by molar-refractivity contribution is 0.518. The summed E-state index contributed by atoms with van der Waals surface area (Å²) in [4.78, 5) is 0. The molecule has 0 spiro atoms. The largest absolute Gasteiger partial charge is 0.0549 e. The van der Waals surface area contributed by atoms with Crippen LogP contribution in [0.5, 0.6) is 0 Å². The molecule has 3 aliphatic rings. The predicted octanol–water partition coefficient (Wildman–Crippen LogP) is 5.29. The lowest BCUT2D eigenvalue weighted by Crippen LogP contribution is -2.25. The van der Waals surface area contributed by atoms with E-state index in [9.17, 15) is 0 Å². The summed E-state index contributed by atoms with van der Waals surface area (Å²) in [5.41, 5.74) is 12.2. The van der Waals surface area contributed by atoms with Crippen molar-refractivity contribution in [2.75, 3.05) is 0 Å². The molecule has 0 heteroatoms. The molecule has 20 heavy (non-hydrogen) atoms. The molecule has 0 N–H and O–H groups in total. The highest BCUT2D eigenvalue weighted by atomic mass is 14.4. The molecule has 0 heterocycles. The van der Waals surface area contributed by atoms with E-state index in [1.807, 2.05) is 0 Å². The minimum atomic E-state index is 0.642. The molecule has 0 saturated carbocycles. The topological polar surface area (TPSA) is 0 Å². The molecule has 0 amide bonds. The second-order valence-corrected chi connectivity index (χ2v) is 6.81. The number of hydrogen-bond acceptors (Lipinski definition) is 0. The molecule has 0 radical (unpaired) electrons. The van der Waals surface area contributed by atoms with Crippen LogP contribution in [0.15, 0.2) is 24.3 Å². The van der Waals surface area contributed by atoms with Crippen molar-refractivity contribution in [3.8, 4) is 0 Å². The summed E-state index contributed by atoms with van der Waals surface area (Å²) in [6, 6.07) is 9.83. The molecule has 0 nitrogen and oxygen atoms in total. The van der Waals surface area contributed by atoms with E-state index >= 15 is 0 Å². The Hall–Kier alpha value is -1.56. The fraction of sp³-hybridized carbons (Fsp3) is 0.400. The van der Waals surface area contributed by atoms with Gasteiger partial charge in [0.05, 0.1) is 0 Å². The van der Waals surface area contributed by atoms with E-state index in [1.165, 1.54) is 35.1 Å². The van der Waals surface area contributed by atoms with Gasteiger partial charge in [-0.3, -0.25) is 0 Å². The van der Waals surface area contributed by atoms with Crippen LogP contribution in [0.25, 0.3) is 0 Å². The summed E-state index contributed by atoms with van der Waals surface area (Å²) in [5, 5.41) is 0. The third-order valence-corrected chi connectivity index (χ3v) is 5.64. The summed E-state index contributed by atoms with van der Waals surface area (Å²) < 4.78 is 0. The van der Waals surface area contributed by atoms with Gasteiger partial charge in [-0.25, -0.2) is 0 Å². The standard InChI is InChI=1S/C20H22/c1-11-7-17-15-5-6-16(18(17)8-12(11)2)20-10-14(4)13(3)9-19(15)20/h7-10,15-16H,5-6H2,1-4H3. The first-order valence-electron chi connectivity index (χ1n) is 7.78. The normalized spacial score (nSPS) is 22.6. The molecule has 2 aromatic carbocycles. The summed E-state index contributed by atoms with van der Waals surface area (Å²) >= 11 is 0. The smallest absolute Gasteiger partial charge is 0.00957 e. The monoisotopic (exact) mass is 262 g/mol. The molecule has 0 atom stereocenters. The lowest BCUT2D eigenvalue weighted by Gasteiger charge is -2.41. The Kier molecular flexibility index (Phi) is 2.42. The van der Waals surface area contributed by atoms with Gasteiger partial charge in [-0.2, -0.15) is 0 Å². The SMILES string of the molecule is Cc1cc2c(cc1C)C1CCC2c2cc(C)c(C)cc21. The quantitative estimate of drug-likeness (QED) is 0.605. The summed E-state index contributed by atoms with van der Waals surface area (Å²) in [6.45, 7) is 9.00. The Labute approximate surface area is 121 Å². The molecular formula is C20H22. The minimum Gasteiger partial charge on any atom is -0.0549 e.